The first kappa shape index (κ1) is 19.8. The van der Waals surface area contributed by atoms with Gasteiger partial charge < -0.3 is 28.8 Å². The zero-order chi connectivity index (χ0) is 21.0. The van der Waals surface area contributed by atoms with Crippen LogP contribution in [0.5, 0.6) is 17.2 Å². The summed E-state index contributed by atoms with van der Waals surface area (Å²) in [5.41, 5.74) is -1.49. The van der Waals surface area contributed by atoms with E-state index in [0.29, 0.717) is 23.7 Å². The van der Waals surface area contributed by atoms with Crippen LogP contribution in [-0.4, -0.2) is 50.7 Å². The molecule has 0 spiro atoms. The number of rotatable bonds is 6. The third-order valence-corrected chi connectivity index (χ3v) is 6.80. The summed E-state index contributed by atoms with van der Waals surface area (Å²) in [5.74, 6) is 0.759. The third kappa shape index (κ3) is 2.34. The molecular weight excluding hydrogens is 376 g/mol. The van der Waals surface area contributed by atoms with Gasteiger partial charge in [-0.25, -0.2) is 0 Å². The van der Waals surface area contributed by atoms with Crippen molar-refractivity contribution in [3.8, 4) is 17.2 Å². The lowest BCUT2D eigenvalue weighted by Crippen LogP contribution is -2.57. The smallest absolute Gasteiger partial charge is 0.232 e. The van der Waals surface area contributed by atoms with Gasteiger partial charge in [0.25, 0.3) is 0 Å². The van der Waals surface area contributed by atoms with E-state index in [1.54, 1.807) is 19.3 Å². The fourth-order valence-corrected chi connectivity index (χ4v) is 5.43. The molecule has 1 saturated carbocycles. The fraction of sp³-hybridized carbons (Fsp3) is 0.500. The fourth-order valence-electron chi connectivity index (χ4n) is 5.43. The van der Waals surface area contributed by atoms with Crippen molar-refractivity contribution in [2.75, 3.05) is 28.1 Å². The number of carbonyl (C=O) groups excluding carboxylic acids is 1. The minimum atomic E-state index is -1.50. The molecule has 29 heavy (non-hydrogen) atoms. The van der Waals surface area contributed by atoms with Gasteiger partial charge >= 0.3 is 0 Å². The SMILES string of the molecule is C=CCC12C=C(OC)C(=O)C(OC)(C(c3cc(OC)c4c(c3)OCO4)C1C)C2O. The van der Waals surface area contributed by atoms with Crippen molar-refractivity contribution in [1.29, 1.82) is 0 Å². The Labute approximate surface area is 169 Å². The van der Waals surface area contributed by atoms with Crippen LogP contribution >= 0.6 is 0 Å². The Kier molecular flexibility index (Phi) is 4.63. The molecule has 2 aliphatic carbocycles. The van der Waals surface area contributed by atoms with Crippen molar-refractivity contribution in [2.24, 2.45) is 11.3 Å². The van der Waals surface area contributed by atoms with Crippen LogP contribution in [0.25, 0.3) is 0 Å². The predicted molar refractivity (Wildman–Crippen MR) is 104 cm³/mol. The summed E-state index contributed by atoms with van der Waals surface area (Å²) >= 11 is 0. The zero-order valence-corrected chi connectivity index (χ0v) is 17.1. The van der Waals surface area contributed by atoms with Gasteiger partial charge in [0.2, 0.25) is 18.3 Å². The molecule has 1 aliphatic heterocycles. The normalized spacial score (nSPS) is 34.7. The van der Waals surface area contributed by atoms with Crippen LogP contribution in [-0.2, 0) is 14.3 Å². The summed E-state index contributed by atoms with van der Waals surface area (Å²) in [7, 11) is 4.45. The Morgan fingerprint density at radius 3 is 2.66 bits per heavy atom. The molecule has 0 aromatic heterocycles. The molecule has 0 saturated heterocycles. The van der Waals surface area contributed by atoms with Gasteiger partial charge in [0.15, 0.2) is 22.9 Å². The van der Waals surface area contributed by atoms with Gasteiger partial charge in [-0.15, -0.1) is 6.58 Å². The standard InChI is InChI=1S/C22H26O7/c1-6-7-21-10-16(26-4)19(23)22(27-5,20(21)24)17(12(21)2)13-8-14(25-3)18-15(9-13)28-11-29-18/h6,8-10,12,17,20,24H,1,7,11H2,2-5H3. The van der Waals surface area contributed by atoms with Gasteiger partial charge in [-0.1, -0.05) is 13.0 Å². The summed E-state index contributed by atoms with van der Waals surface area (Å²) in [6.07, 6.45) is 2.90. The number of ketones is 1. The van der Waals surface area contributed by atoms with Crippen molar-refractivity contribution in [1.82, 2.24) is 0 Å². The molecule has 1 fully saturated rings. The highest BCUT2D eigenvalue weighted by Crippen LogP contribution is 2.64. The van der Waals surface area contributed by atoms with E-state index in [0.717, 1.165) is 5.56 Å². The van der Waals surface area contributed by atoms with Gasteiger partial charge in [0.05, 0.1) is 14.2 Å². The summed E-state index contributed by atoms with van der Waals surface area (Å²) in [4.78, 5) is 13.5. The van der Waals surface area contributed by atoms with E-state index in [-0.39, 0.29) is 24.3 Å². The maximum absolute atomic E-state index is 13.5. The molecule has 7 nitrogen and oxygen atoms in total. The summed E-state index contributed by atoms with van der Waals surface area (Å²) in [6, 6.07) is 3.66. The molecule has 156 valence electrons. The van der Waals surface area contributed by atoms with Crippen LogP contribution < -0.4 is 14.2 Å². The van der Waals surface area contributed by atoms with Crippen molar-refractivity contribution in [2.45, 2.75) is 31.0 Å². The molecule has 0 radical (unpaired) electrons. The van der Waals surface area contributed by atoms with E-state index in [1.165, 1.54) is 14.2 Å². The zero-order valence-electron chi connectivity index (χ0n) is 17.1. The number of ether oxygens (including phenoxy) is 5. The quantitative estimate of drug-likeness (QED) is 0.732. The average molecular weight is 402 g/mol. The third-order valence-electron chi connectivity index (χ3n) is 6.80. The number of aliphatic hydroxyl groups is 1. The van der Waals surface area contributed by atoms with Crippen molar-refractivity contribution < 1.29 is 33.6 Å². The van der Waals surface area contributed by atoms with Crippen LogP contribution in [0, 0.1) is 11.3 Å². The second-order valence-corrected chi connectivity index (χ2v) is 7.77. The predicted octanol–water partition coefficient (Wildman–Crippen LogP) is 2.58. The summed E-state index contributed by atoms with van der Waals surface area (Å²) in [6.45, 7) is 5.97. The molecule has 2 bridgehead atoms. The molecule has 1 N–H and O–H groups in total. The monoisotopic (exact) mass is 402 g/mol. The van der Waals surface area contributed by atoms with Crippen LogP contribution in [0.15, 0.2) is 36.6 Å². The number of fused-ring (bicyclic) bond motifs is 3. The second kappa shape index (κ2) is 6.78. The van der Waals surface area contributed by atoms with Crippen molar-refractivity contribution in [3.05, 3.63) is 42.2 Å². The number of allylic oxidation sites excluding steroid dienone is 1. The highest BCUT2D eigenvalue weighted by molar-refractivity contribution is 6.04. The Balaban J connectivity index is 1.96. The number of aliphatic hydroxyl groups excluding tert-OH is 1. The number of hydrogen-bond acceptors (Lipinski definition) is 7. The number of carbonyl (C=O) groups is 1. The molecular formula is C22H26O7. The molecule has 1 heterocycles. The lowest BCUT2D eigenvalue weighted by atomic mass is 9.70. The molecule has 4 rings (SSSR count). The molecule has 0 amide bonds. The van der Waals surface area contributed by atoms with E-state index in [9.17, 15) is 9.90 Å². The minimum absolute atomic E-state index is 0.0993. The highest BCUT2D eigenvalue weighted by atomic mass is 16.7. The van der Waals surface area contributed by atoms with Crippen LogP contribution in [0.1, 0.15) is 24.8 Å². The van der Waals surface area contributed by atoms with Crippen molar-refractivity contribution in [3.63, 3.8) is 0 Å². The van der Waals surface area contributed by atoms with Gasteiger partial charge in [-0.2, -0.15) is 0 Å². The van der Waals surface area contributed by atoms with E-state index in [2.05, 4.69) is 6.58 Å². The Morgan fingerprint density at radius 1 is 1.28 bits per heavy atom. The van der Waals surface area contributed by atoms with E-state index < -0.39 is 23.0 Å². The Morgan fingerprint density at radius 2 is 2.03 bits per heavy atom. The van der Waals surface area contributed by atoms with Crippen molar-refractivity contribution >= 4 is 5.78 Å². The largest absolute Gasteiger partial charge is 0.493 e. The molecule has 7 heteroatoms. The minimum Gasteiger partial charge on any atom is -0.493 e. The highest BCUT2D eigenvalue weighted by Gasteiger charge is 2.72. The Bertz CT molecular complexity index is 891. The summed E-state index contributed by atoms with van der Waals surface area (Å²) < 4.78 is 27.8. The molecule has 1 aromatic rings. The number of methoxy groups -OCH3 is 3. The van der Waals surface area contributed by atoms with Gasteiger partial charge in [0.1, 0.15) is 6.10 Å². The lowest BCUT2D eigenvalue weighted by Gasteiger charge is -2.41. The molecule has 5 atom stereocenters. The maximum Gasteiger partial charge on any atom is 0.232 e. The number of benzene rings is 1. The Hall–Kier alpha value is -2.51. The molecule has 5 unspecified atom stereocenters. The van der Waals surface area contributed by atoms with Gasteiger partial charge in [-0.3, -0.25) is 4.79 Å². The second-order valence-electron chi connectivity index (χ2n) is 7.77. The first-order valence-corrected chi connectivity index (χ1v) is 9.54. The van der Waals surface area contributed by atoms with E-state index in [1.807, 2.05) is 19.1 Å². The van der Waals surface area contributed by atoms with Crippen LogP contribution in [0.4, 0.5) is 0 Å². The molecule has 1 aromatic carbocycles. The average Bonchev–Trinajstić information content (AvgIpc) is 3.24. The maximum atomic E-state index is 13.5. The van der Waals surface area contributed by atoms with Crippen LogP contribution in [0.2, 0.25) is 0 Å². The van der Waals surface area contributed by atoms with E-state index in [4.69, 9.17) is 23.7 Å². The van der Waals surface area contributed by atoms with Gasteiger partial charge in [-0.05, 0) is 36.1 Å². The topological polar surface area (TPSA) is 83.5 Å². The first-order chi connectivity index (χ1) is 13.9. The first-order valence-electron chi connectivity index (χ1n) is 9.54. The van der Waals surface area contributed by atoms with Crippen LogP contribution in [0.3, 0.4) is 0 Å². The molecule has 3 aliphatic rings. The summed E-state index contributed by atoms with van der Waals surface area (Å²) in [5, 5.41) is 11.5. The number of Topliss-reactive ketones (excluding diaryl/α,β-unsaturated/α-hetero) is 1. The number of hydrogen-bond donors (Lipinski definition) is 1. The lowest BCUT2D eigenvalue weighted by molar-refractivity contribution is -0.162. The van der Waals surface area contributed by atoms with Gasteiger partial charge in [0, 0.05) is 18.4 Å². The van der Waals surface area contributed by atoms with E-state index >= 15 is 0 Å².